The first-order chi connectivity index (χ1) is 5.66. The molecule has 0 aliphatic rings. The number of hydrogen-bond donors (Lipinski definition) is 4. The van der Waals surface area contributed by atoms with Crippen molar-refractivity contribution in [2.45, 2.75) is 0 Å². The van der Waals surface area contributed by atoms with E-state index in [1.165, 1.54) is 0 Å². The van der Waals surface area contributed by atoms with Crippen LogP contribution < -0.4 is 0 Å². The van der Waals surface area contributed by atoms with Crippen LogP contribution in [0, 0.1) is 0 Å². The fraction of sp³-hybridized carbons (Fsp3) is 0. The molecule has 0 rings (SSSR count). The Hall–Kier alpha value is -1.56. The number of carbonyl (C=O) groups is 4. The van der Waals surface area contributed by atoms with Crippen LogP contribution in [0.4, 0.5) is 0 Å². The molecule has 0 aromatic rings. The Morgan fingerprint density at radius 3 is 0.533 bits per heavy atom. The Balaban J connectivity index is -0.0000000107. The van der Waals surface area contributed by atoms with Gasteiger partial charge in [0.2, 0.25) is 0 Å². The van der Waals surface area contributed by atoms with Crippen molar-refractivity contribution in [2.75, 3.05) is 0 Å². The Kier molecular flexibility index (Phi) is 916. The van der Waals surface area contributed by atoms with Crippen molar-refractivity contribution >= 4 is 25.9 Å². The van der Waals surface area contributed by atoms with Crippen molar-refractivity contribution < 1.29 is 70.3 Å². The van der Waals surface area contributed by atoms with E-state index in [9.17, 15) is 0 Å². The van der Waals surface area contributed by atoms with Gasteiger partial charge in [-0.05, 0) is 0 Å². The predicted octanol–water partition coefficient (Wildman–Crippen LogP) is -2.85. The second-order valence-electron chi connectivity index (χ2n) is 0.422. The van der Waals surface area contributed by atoms with Crippen LogP contribution in [-0.4, -0.2) is 57.3 Å². The van der Waals surface area contributed by atoms with Crippen molar-refractivity contribution in [3.8, 4) is 0 Å². The molecule has 0 atom stereocenters. The minimum Gasteiger partial charge on any atom is -0.483 e. The van der Waals surface area contributed by atoms with Gasteiger partial charge >= 0.3 is 0 Å². The molecular weight excluding hydrogens is 398 g/mol. The number of carboxylic acid groups (broad SMARTS) is 4. The molecule has 0 aromatic carbocycles. The van der Waals surface area contributed by atoms with Gasteiger partial charge in [0, 0.05) is 19.8 Å². The molecule has 0 fully saturated rings. The van der Waals surface area contributed by atoms with Crippen LogP contribution in [0.1, 0.15) is 0 Å². The number of hydrogen-bond acceptors (Lipinski definition) is 4. The van der Waals surface area contributed by atoms with Crippen molar-refractivity contribution in [1.82, 2.24) is 0 Å². The van der Waals surface area contributed by atoms with Gasteiger partial charge < -0.3 is 31.4 Å². The molecule has 0 radical (unpaired) electrons. The van der Waals surface area contributed by atoms with Crippen LogP contribution in [0.25, 0.3) is 0 Å². The second kappa shape index (κ2) is 274. The van der Waals surface area contributed by atoms with E-state index in [0.29, 0.717) is 0 Å². The predicted molar refractivity (Wildman–Crippen MR) is 42.0 cm³/mol. The number of rotatable bonds is 0. The van der Waals surface area contributed by atoms with E-state index in [1.807, 2.05) is 0 Å². The monoisotopic (exact) mass is 412 g/mol. The van der Waals surface area contributed by atoms with Crippen molar-refractivity contribution in [3.63, 3.8) is 0 Å². The van der Waals surface area contributed by atoms with Crippen LogP contribution in [0.5, 0.6) is 0 Å². The van der Waals surface area contributed by atoms with Gasteiger partial charge in [0.1, 0.15) is 0 Å². The molecule has 11 heteroatoms. The van der Waals surface area contributed by atoms with Crippen LogP contribution in [0.2, 0.25) is 0 Å². The van der Waals surface area contributed by atoms with Gasteiger partial charge in [-0.2, -0.15) is 0 Å². The van der Waals surface area contributed by atoms with E-state index in [4.69, 9.17) is 39.6 Å². The Morgan fingerprint density at radius 2 is 0.533 bits per heavy atom. The summed E-state index contributed by atoms with van der Waals surface area (Å²) < 4.78 is 0. The van der Waals surface area contributed by atoms with Crippen LogP contribution in [0.3, 0.4) is 0 Å². The summed E-state index contributed by atoms with van der Waals surface area (Å²) in [5.41, 5.74) is 0. The third kappa shape index (κ3) is 554. The Morgan fingerprint density at radius 1 is 0.533 bits per heavy atom. The van der Waals surface area contributed by atoms with Crippen molar-refractivity contribution in [1.29, 1.82) is 0 Å². The average molecular weight is 410 g/mol. The molecule has 0 unspecified atom stereocenters. The van der Waals surface area contributed by atoms with E-state index in [-0.39, 0.29) is 56.6 Å². The SMILES string of the molecule is O.O.O=CO.O=CO.O=CO.O=CO.[Os]. The van der Waals surface area contributed by atoms with Gasteiger partial charge in [-0.15, -0.1) is 0 Å². The first-order valence-electron chi connectivity index (χ1n) is 1.98. The summed E-state index contributed by atoms with van der Waals surface area (Å²) in [6.45, 7) is -1.00. The Labute approximate surface area is 96.8 Å². The molecule has 8 N–H and O–H groups in total. The first kappa shape index (κ1) is 50.2. The maximum atomic E-state index is 8.36. The summed E-state index contributed by atoms with van der Waals surface area (Å²) in [5, 5.41) is 27.6. The normalized spacial score (nSPS) is 3.20. The smallest absolute Gasteiger partial charge is 0.290 e. The van der Waals surface area contributed by atoms with Crippen LogP contribution in [-0.2, 0) is 39.0 Å². The largest absolute Gasteiger partial charge is 0.483 e. The summed E-state index contributed by atoms with van der Waals surface area (Å²) in [7, 11) is 0. The van der Waals surface area contributed by atoms with Gasteiger partial charge in [0.05, 0.1) is 0 Å². The fourth-order valence-corrected chi connectivity index (χ4v) is 0. The topological polar surface area (TPSA) is 212 Å². The van der Waals surface area contributed by atoms with Gasteiger partial charge in [-0.25, -0.2) is 0 Å². The third-order valence-electron chi connectivity index (χ3n) is 0. The molecule has 96 valence electrons. The summed E-state index contributed by atoms with van der Waals surface area (Å²) in [6.07, 6.45) is 0. The molecule has 0 aliphatic heterocycles. The maximum absolute atomic E-state index is 8.36. The van der Waals surface area contributed by atoms with E-state index in [0.717, 1.165) is 0 Å². The summed E-state index contributed by atoms with van der Waals surface area (Å²) in [6, 6.07) is 0. The zero-order valence-electron chi connectivity index (χ0n) is 7.08. The molecule has 10 nitrogen and oxygen atoms in total. The first-order valence-corrected chi connectivity index (χ1v) is 1.98. The molecular formula is C4H12O10Os. The molecule has 0 saturated heterocycles. The molecule has 0 aliphatic carbocycles. The molecule has 0 bridgehead atoms. The van der Waals surface area contributed by atoms with Gasteiger partial charge in [0.25, 0.3) is 25.9 Å². The van der Waals surface area contributed by atoms with Gasteiger partial charge in [-0.1, -0.05) is 0 Å². The van der Waals surface area contributed by atoms with E-state index >= 15 is 0 Å². The fourth-order valence-electron chi connectivity index (χ4n) is 0. The van der Waals surface area contributed by atoms with Gasteiger partial charge in [-0.3, -0.25) is 19.2 Å². The van der Waals surface area contributed by atoms with Gasteiger partial charge in [0.15, 0.2) is 0 Å². The van der Waals surface area contributed by atoms with Crippen molar-refractivity contribution in [2.24, 2.45) is 0 Å². The standard InChI is InChI=1S/4CH2O2.2H2O.Os/c4*2-1-3;;;/h4*1H,(H,2,3);2*1H2;. The molecule has 0 spiro atoms. The molecule has 0 aromatic heterocycles. The third-order valence-corrected chi connectivity index (χ3v) is 0. The molecule has 15 heavy (non-hydrogen) atoms. The minimum atomic E-state index is -0.250. The zero-order valence-corrected chi connectivity index (χ0v) is 9.63. The molecule has 0 heterocycles. The van der Waals surface area contributed by atoms with Crippen molar-refractivity contribution in [3.05, 3.63) is 0 Å². The average Bonchev–Trinajstić information content (AvgIpc) is 1.92. The van der Waals surface area contributed by atoms with Crippen LogP contribution in [0.15, 0.2) is 0 Å². The zero-order chi connectivity index (χ0) is 10.8. The Bertz CT molecular complexity index is 71.4. The van der Waals surface area contributed by atoms with Crippen LogP contribution >= 0.6 is 0 Å². The maximum Gasteiger partial charge on any atom is 0.290 e. The summed E-state index contributed by atoms with van der Waals surface area (Å²) in [5.74, 6) is 0. The molecule has 0 amide bonds. The van der Waals surface area contributed by atoms with E-state index < -0.39 is 0 Å². The molecule has 0 saturated carbocycles. The second-order valence-corrected chi connectivity index (χ2v) is 0.422. The summed E-state index contributed by atoms with van der Waals surface area (Å²) in [4.78, 5) is 33.4. The van der Waals surface area contributed by atoms with E-state index in [1.54, 1.807) is 0 Å². The quantitative estimate of drug-likeness (QED) is 0.304. The summed E-state index contributed by atoms with van der Waals surface area (Å²) >= 11 is 0. The minimum absolute atomic E-state index is 0. The van der Waals surface area contributed by atoms with E-state index in [2.05, 4.69) is 0 Å².